The van der Waals surface area contributed by atoms with Crippen LogP contribution in [0.3, 0.4) is 0 Å². The maximum atomic E-state index is 11.0. The van der Waals surface area contributed by atoms with Crippen molar-refractivity contribution in [2.45, 2.75) is 20.0 Å². The monoisotopic (exact) mass is 211 g/mol. The fourth-order valence-electron chi connectivity index (χ4n) is 1.11. The molecular weight excluding hydrogens is 194 g/mol. The molecule has 0 saturated carbocycles. The first kappa shape index (κ1) is 11.7. The van der Waals surface area contributed by atoms with Gasteiger partial charge in [0.25, 0.3) is 5.56 Å². The van der Waals surface area contributed by atoms with Crippen LogP contribution in [0.1, 0.15) is 13.8 Å². The summed E-state index contributed by atoms with van der Waals surface area (Å²) in [6, 6.07) is 1.47. The summed E-state index contributed by atoms with van der Waals surface area (Å²) in [5, 5.41) is 0. The first-order chi connectivity index (χ1) is 7.09. The molecule has 0 fully saturated rings. The number of ether oxygens (including phenoxy) is 1. The summed E-state index contributed by atoms with van der Waals surface area (Å²) in [5.41, 5.74) is -0.142. The van der Waals surface area contributed by atoms with Crippen LogP contribution >= 0.6 is 0 Å². The zero-order valence-corrected chi connectivity index (χ0v) is 9.36. The van der Waals surface area contributed by atoms with Crippen LogP contribution in [-0.2, 0) is 4.74 Å². The Kier molecular flexibility index (Phi) is 4.30. The van der Waals surface area contributed by atoms with Crippen LogP contribution < -0.4 is 10.5 Å². The Morgan fingerprint density at radius 1 is 1.60 bits per heavy atom. The highest BCUT2D eigenvalue weighted by atomic mass is 16.5. The fraction of sp³-hybridized carbons (Fsp3) is 0.600. The lowest BCUT2D eigenvalue weighted by Crippen LogP contribution is -2.26. The molecule has 0 atom stereocenters. The topological polar surface area (TPSA) is 58.2 Å². The highest BCUT2D eigenvalue weighted by Crippen LogP contribution is 2.02. The Balaban J connectivity index is 2.46. The van der Waals surface area contributed by atoms with Crippen LogP contribution in [0.4, 0.5) is 5.82 Å². The molecule has 0 aromatic carbocycles. The molecule has 5 nitrogen and oxygen atoms in total. The van der Waals surface area contributed by atoms with Crippen molar-refractivity contribution < 1.29 is 4.74 Å². The molecule has 0 bridgehead atoms. The normalized spacial score (nSPS) is 10.7. The quantitative estimate of drug-likeness (QED) is 0.776. The SMILES string of the molecule is CC(C)OCCN(C)c1cc(=O)[nH]cn1. The van der Waals surface area contributed by atoms with Crippen LogP contribution in [-0.4, -0.2) is 36.3 Å². The molecule has 0 aliphatic heterocycles. The second kappa shape index (κ2) is 5.50. The van der Waals surface area contributed by atoms with Gasteiger partial charge in [-0.1, -0.05) is 0 Å². The molecule has 0 unspecified atom stereocenters. The number of aromatic amines is 1. The van der Waals surface area contributed by atoms with Crippen molar-refractivity contribution in [2.24, 2.45) is 0 Å². The van der Waals surface area contributed by atoms with E-state index in [1.165, 1.54) is 12.4 Å². The molecular formula is C10H17N3O2. The third kappa shape index (κ3) is 4.12. The molecule has 15 heavy (non-hydrogen) atoms. The number of anilines is 1. The Morgan fingerprint density at radius 2 is 2.33 bits per heavy atom. The minimum absolute atomic E-state index is 0.142. The Labute approximate surface area is 89.1 Å². The molecule has 1 rings (SSSR count). The first-order valence-corrected chi connectivity index (χ1v) is 4.97. The zero-order chi connectivity index (χ0) is 11.3. The first-order valence-electron chi connectivity index (χ1n) is 4.97. The van der Waals surface area contributed by atoms with Gasteiger partial charge in [0.15, 0.2) is 0 Å². The number of nitrogens with zero attached hydrogens (tertiary/aromatic N) is 2. The number of H-pyrrole nitrogens is 1. The zero-order valence-electron chi connectivity index (χ0n) is 9.36. The van der Waals surface area contributed by atoms with Gasteiger partial charge in [-0.15, -0.1) is 0 Å². The smallest absolute Gasteiger partial charge is 0.252 e. The molecule has 0 saturated heterocycles. The molecule has 0 amide bonds. The van der Waals surface area contributed by atoms with Gasteiger partial charge >= 0.3 is 0 Å². The third-order valence-electron chi connectivity index (χ3n) is 1.93. The average molecular weight is 211 g/mol. The van der Waals surface area contributed by atoms with Gasteiger partial charge in [-0.25, -0.2) is 4.98 Å². The predicted octanol–water partition coefficient (Wildman–Crippen LogP) is 0.631. The van der Waals surface area contributed by atoms with Crippen LogP contribution in [0, 0.1) is 0 Å². The number of hydrogen-bond donors (Lipinski definition) is 1. The number of hydrogen-bond acceptors (Lipinski definition) is 4. The van der Waals surface area contributed by atoms with Gasteiger partial charge in [0.05, 0.1) is 19.0 Å². The van der Waals surface area contributed by atoms with Crippen molar-refractivity contribution >= 4 is 5.82 Å². The molecule has 0 radical (unpaired) electrons. The van der Waals surface area contributed by atoms with Gasteiger partial charge in [0, 0.05) is 19.7 Å². The van der Waals surface area contributed by atoms with E-state index in [1.54, 1.807) is 0 Å². The summed E-state index contributed by atoms with van der Waals surface area (Å²) in [6.45, 7) is 5.33. The number of rotatable bonds is 5. The van der Waals surface area contributed by atoms with Gasteiger partial charge in [-0.2, -0.15) is 0 Å². The summed E-state index contributed by atoms with van der Waals surface area (Å²) < 4.78 is 5.41. The molecule has 0 spiro atoms. The molecule has 0 aliphatic rings. The van der Waals surface area contributed by atoms with E-state index in [2.05, 4.69) is 9.97 Å². The minimum Gasteiger partial charge on any atom is -0.377 e. The lowest BCUT2D eigenvalue weighted by molar-refractivity contribution is 0.0845. The Morgan fingerprint density at radius 3 is 2.93 bits per heavy atom. The van der Waals surface area contributed by atoms with Crippen LogP contribution in [0.15, 0.2) is 17.2 Å². The van der Waals surface area contributed by atoms with E-state index in [9.17, 15) is 4.79 Å². The number of aromatic nitrogens is 2. The lowest BCUT2D eigenvalue weighted by Gasteiger charge is -2.18. The van der Waals surface area contributed by atoms with Crippen LogP contribution in [0.5, 0.6) is 0 Å². The van der Waals surface area contributed by atoms with Gasteiger partial charge < -0.3 is 14.6 Å². The second-order valence-corrected chi connectivity index (χ2v) is 3.61. The van der Waals surface area contributed by atoms with Crippen molar-refractivity contribution in [3.05, 3.63) is 22.7 Å². The second-order valence-electron chi connectivity index (χ2n) is 3.61. The highest BCUT2D eigenvalue weighted by Gasteiger charge is 2.02. The molecule has 0 aliphatic carbocycles. The van der Waals surface area contributed by atoms with E-state index in [4.69, 9.17) is 4.74 Å². The summed E-state index contributed by atoms with van der Waals surface area (Å²) in [6.07, 6.45) is 1.63. The van der Waals surface area contributed by atoms with Gasteiger partial charge in [-0.3, -0.25) is 4.79 Å². The van der Waals surface area contributed by atoms with Gasteiger partial charge in [0.2, 0.25) is 0 Å². The fourth-order valence-corrected chi connectivity index (χ4v) is 1.11. The van der Waals surface area contributed by atoms with Crippen molar-refractivity contribution in [1.29, 1.82) is 0 Å². The van der Waals surface area contributed by atoms with E-state index in [-0.39, 0.29) is 11.7 Å². The molecule has 84 valence electrons. The summed E-state index contributed by atoms with van der Waals surface area (Å²) >= 11 is 0. The Bertz CT molecular complexity index is 349. The van der Waals surface area contributed by atoms with Crippen molar-refractivity contribution in [1.82, 2.24) is 9.97 Å². The van der Waals surface area contributed by atoms with Crippen molar-refractivity contribution in [3.8, 4) is 0 Å². The number of nitrogens with one attached hydrogen (secondary N) is 1. The van der Waals surface area contributed by atoms with Crippen molar-refractivity contribution in [2.75, 3.05) is 25.1 Å². The van der Waals surface area contributed by atoms with E-state index < -0.39 is 0 Å². The number of likely N-dealkylation sites (N-methyl/N-ethyl adjacent to an activating group) is 1. The highest BCUT2D eigenvalue weighted by molar-refractivity contribution is 5.34. The molecule has 1 N–H and O–H groups in total. The van der Waals surface area contributed by atoms with Crippen molar-refractivity contribution in [3.63, 3.8) is 0 Å². The van der Waals surface area contributed by atoms with E-state index >= 15 is 0 Å². The summed E-state index contributed by atoms with van der Waals surface area (Å²) in [4.78, 5) is 19.4. The van der Waals surface area contributed by atoms with E-state index in [0.29, 0.717) is 19.0 Å². The summed E-state index contributed by atoms with van der Waals surface area (Å²) in [5.74, 6) is 0.658. The van der Waals surface area contributed by atoms with Crippen LogP contribution in [0.25, 0.3) is 0 Å². The largest absolute Gasteiger partial charge is 0.377 e. The third-order valence-corrected chi connectivity index (χ3v) is 1.93. The minimum atomic E-state index is -0.142. The molecule has 1 heterocycles. The van der Waals surface area contributed by atoms with Gasteiger partial charge in [0.1, 0.15) is 5.82 Å². The molecule has 1 aromatic rings. The maximum Gasteiger partial charge on any atom is 0.252 e. The summed E-state index contributed by atoms with van der Waals surface area (Å²) in [7, 11) is 1.88. The van der Waals surface area contributed by atoms with Gasteiger partial charge in [-0.05, 0) is 13.8 Å². The van der Waals surface area contributed by atoms with Crippen LogP contribution in [0.2, 0.25) is 0 Å². The standard InChI is InChI=1S/C10H17N3O2/c1-8(2)15-5-4-13(3)9-6-10(14)12-7-11-9/h6-8H,4-5H2,1-3H3,(H,11,12,14). The van der Waals surface area contributed by atoms with E-state index in [0.717, 1.165) is 0 Å². The molecule has 5 heteroatoms. The van der Waals surface area contributed by atoms with E-state index in [1.807, 2.05) is 25.8 Å². The maximum absolute atomic E-state index is 11.0. The Hall–Kier alpha value is -1.36. The average Bonchev–Trinajstić information content (AvgIpc) is 2.17. The lowest BCUT2D eigenvalue weighted by atomic mass is 10.4. The molecule has 1 aromatic heterocycles. The predicted molar refractivity (Wildman–Crippen MR) is 59.2 cm³/mol.